The Morgan fingerprint density at radius 3 is 2.73 bits per heavy atom. The second-order valence-corrected chi connectivity index (χ2v) is 2.32. The van der Waals surface area contributed by atoms with E-state index in [2.05, 4.69) is 5.63 Å². The Hall–Kier alpha value is -0.820. The monoisotopic (exact) mass is 173 g/mol. The molecule has 0 fully saturated rings. The van der Waals surface area contributed by atoms with Crippen molar-refractivity contribution in [1.29, 1.82) is 0 Å². The van der Waals surface area contributed by atoms with Gasteiger partial charge >= 0.3 is 64.3 Å². The Morgan fingerprint density at radius 1 is 1.82 bits per heavy atom. The van der Waals surface area contributed by atoms with E-state index in [0.29, 0.717) is 5.57 Å². The van der Waals surface area contributed by atoms with Gasteiger partial charge in [0.05, 0.1) is 0 Å². The van der Waals surface area contributed by atoms with E-state index in [1.165, 1.54) is 6.08 Å². The summed E-state index contributed by atoms with van der Waals surface area (Å²) in [4.78, 5) is 10.2. The SMILES string of the molecule is C/C(C#P=O)=C\[C@@H](N)C(=O)O. The fraction of sp³-hybridized carbons (Fsp3) is 0.333. The van der Waals surface area contributed by atoms with Crippen molar-refractivity contribution in [2.45, 2.75) is 13.0 Å². The molecule has 0 aliphatic rings. The normalized spacial score (nSPS) is 13.5. The van der Waals surface area contributed by atoms with Crippen molar-refractivity contribution < 1.29 is 14.5 Å². The predicted molar refractivity (Wildman–Crippen MR) is 40.9 cm³/mol. The maximum absolute atomic E-state index is 10.2. The molecule has 0 heterocycles. The van der Waals surface area contributed by atoms with E-state index in [1.807, 2.05) is 0 Å². The van der Waals surface area contributed by atoms with E-state index in [4.69, 9.17) is 10.8 Å². The number of nitrogens with two attached hydrogens (primary N) is 1. The standard InChI is InChI=1S/C6H8NO3P/c1-4(3-11-10)2-5(7)6(8)9/h2,5H,7H2,1H3,(H,8,9)/b4-2+/t5-/m1/s1. The molecule has 0 aromatic heterocycles. The summed E-state index contributed by atoms with van der Waals surface area (Å²) < 4.78 is 9.92. The molecule has 0 saturated carbocycles. The molecule has 4 nitrogen and oxygen atoms in total. The minimum absolute atomic E-state index is 0.269. The molecule has 3 N–H and O–H groups in total. The number of carbonyl (C=O) groups is 1. The molecule has 0 spiro atoms. The van der Waals surface area contributed by atoms with Crippen LogP contribution >= 0.6 is 7.92 Å². The van der Waals surface area contributed by atoms with Gasteiger partial charge < -0.3 is 0 Å². The molecule has 0 aliphatic carbocycles. The first-order valence-electron chi connectivity index (χ1n) is 2.83. The average molecular weight is 173 g/mol. The van der Waals surface area contributed by atoms with E-state index in [9.17, 15) is 9.36 Å². The number of hydrogen-bond acceptors (Lipinski definition) is 3. The zero-order valence-corrected chi connectivity index (χ0v) is 6.84. The Kier molecular flexibility index (Phi) is 4.55. The topological polar surface area (TPSA) is 80.4 Å². The Morgan fingerprint density at radius 2 is 2.36 bits per heavy atom. The Labute approximate surface area is 65.2 Å². The van der Waals surface area contributed by atoms with Crippen LogP contribution in [0.25, 0.3) is 0 Å². The van der Waals surface area contributed by atoms with Crippen molar-refractivity contribution in [1.82, 2.24) is 0 Å². The molecule has 11 heavy (non-hydrogen) atoms. The van der Waals surface area contributed by atoms with Gasteiger partial charge in [0, 0.05) is 0 Å². The molecule has 0 aromatic rings. The van der Waals surface area contributed by atoms with Gasteiger partial charge in [-0.1, -0.05) is 0 Å². The van der Waals surface area contributed by atoms with Gasteiger partial charge in [-0.25, -0.2) is 0 Å². The van der Waals surface area contributed by atoms with Gasteiger partial charge in [0.25, 0.3) is 0 Å². The van der Waals surface area contributed by atoms with Crippen LogP contribution < -0.4 is 5.73 Å². The van der Waals surface area contributed by atoms with Crippen LogP contribution in [0.2, 0.25) is 0 Å². The molecule has 60 valence electrons. The van der Waals surface area contributed by atoms with Crippen LogP contribution in [0.5, 0.6) is 0 Å². The Balaban J connectivity index is 4.38. The molecular weight excluding hydrogens is 165 g/mol. The summed E-state index contributed by atoms with van der Waals surface area (Å²) in [6, 6.07) is -1.05. The van der Waals surface area contributed by atoms with Crippen LogP contribution in [0.3, 0.4) is 0 Å². The quantitative estimate of drug-likeness (QED) is 0.599. The molecule has 0 unspecified atom stereocenters. The summed E-state index contributed by atoms with van der Waals surface area (Å²) in [6.07, 6.45) is 1.27. The second kappa shape index (κ2) is 4.91. The van der Waals surface area contributed by atoms with Crippen LogP contribution in [0, 0.1) is 5.63 Å². The zero-order valence-electron chi connectivity index (χ0n) is 5.94. The molecule has 0 radical (unpaired) electrons. The van der Waals surface area contributed by atoms with Crippen molar-refractivity contribution in [2.75, 3.05) is 0 Å². The summed E-state index contributed by atoms with van der Waals surface area (Å²) in [5.41, 5.74) is 7.96. The third kappa shape index (κ3) is 4.57. The van der Waals surface area contributed by atoms with Crippen molar-refractivity contribution in [3.05, 3.63) is 11.6 Å². The number of rotatable bonds is 2. The molecule has 0 saturated heterocycles. The number of hydrogen-bond donors (Lipinski definition) is 2. The molecule has 5 heteroatoms. The van der Waals surface area contributed by atoms with Gasteiger partial charge in [-0.15, -0.1) is 0 Å². The van der Waals surface area contributed by atoms with E-state index in [-0.39, 0.29) is 7.92 Å². The summed E-state index contributed by atoms with van der Waals surface area (Å²) in [5, 5.41) is 8.32. The van der Waals surface area contributed by atoms with Gasteiger partial charge in [-0.2, -0.15) is 0 Å². The van der Waals surface area contributed by atoms with Crippen molar-refractivity contribution in [3.8, 4) is 5.63 Å². The van der Waals surface area contributed by atoms with Gasteiger partial charge in [0.1, 0.15) is 0 Å². The maximum atomic E-state index is 10.2. The summed E-state index contributed by atoms with van der Waals surface area (Å²) in [7, 11) is -0.269. The molecule has 0 amide bonds. The van der Waals surface area contributed by atoms with Crippen LogP contribution in [0.4, 0.5) is 0 Å². The van der Waals surface area contributed by atoms with Crippen molar-refractivity contribution >= 4 is 13.9 Å². The number of carboxylic acids is 1. The molecule has 0 aromatic carbocycles. The van der Waals surface area contributed by atoms with Gasteiger partial charge in [0.15, 0.2) is 0 Å². The molecular formula is C6H8NO3P. The predicted octanol–water partition coefficient (Wildman–Crippen LogP) is 0.595. The summed E-state index contributed by atoms with van der Waals surface area (Å²) in [5.74, 6) is -1.12. The fourth-order valence-electron chi connectivity index (χ4n) is 0.450. The van der Waals surface area contributed by atoms with Crippen LogP contribution in [0.1, 0.15) is 6.92 Å². The van der Waals surface area contributed by atoms with E-state index >= 15 is 0 Å². The number of allylic oxidation sites excluding steroid dienone is 1. The molecule has 1 atom stereocenters. The van der Waals surface area contributed by atoms with Crippen LogP contribution in [-0.2, 0) is 9.36 Å². The van der Waals surface area contributed by atoms with Gasteiger partial charge in [-0.3, -0.25) is 0 Å². The number of carboxylic acid groups (broad SMARTS) is 1. The molecule has 0 rings (SSSR count). The summed E-state index contributed by atoms with van der Waals surface area (Å²) in [6.45, 7) is 1.58. The van der Waals surface area contributed by atoms with Gasteiger partial charge in [0.2, 0.25) is 0 Å². The van der Waals surface area contributed by atoms with E-state index in [1.54, 1.807) is 6.92 Å². The molecule has 0 bridgehead atoms. The zero-order chi connectivity index (χ0) is 8.85. The minimum atomic E-state index is -1.12. The third-order valence-electron chi connectivity index (χ3n) is 0.937. The van der Waals surface area contributed by atoms with E-state index < -0.39 is 12.0 Å². The van der Waals surface area contributed by atoms with Crippen molar-refractivity contribution in [3.63, 3.8) is 0 Å². The average Bonchev–Trinajstić information content (AvgIpc) is 1.87. The third-order valence-corrected chi connectivity index (χ3v) is 1.38. The Bertz CT molecular complexity index is 277. The first-order chi connectivity index (χ1) is 5.07. The fourth-order valence-corrected chi connectivity index (χ4v) is 0.668. The molecule has 0 aliphatic heterocycles. The first-order valence-corrected chi connectivity index (χ1v) is 3.64. The van der Waals surface area contributed by atoms with Crippen LogP contribution in [0.15, 0.2) is 11.6 Å². The first kappa shape index (κ1) is 10.2. The van der Waals surface area contributed by atoms with Gasteiger partial charge in [-0.05, 0) is 0 Å². The number of aliphatic carboxylic acids is 1. The second-order valence-electron chi connectivity index (χ2n) is 1.92. The van der Waals surface area contributed by atoms with E-state index in [0.717, 1.165) is 0 Å². The van der Waals surface area contributed by atoms with Crippen molar-refractivity contribution in [2.24, 2.45) is 5.73 Å². The van der Waals surface area contributed by atoms with Crippen LogP contribution in [-0.4, -0.2) is 17.1 Å². The summed E-state index contributed by atoms with van der Waals surface area (Å²) >= 11 is 0.